The maximum absolute atomic E-state index is 11.0. The molecule has 0 radical (unpaired) electrons. The third-order valence-electron chi connectivity index (χ3n) is 4.28. The van der Waals surface area contributed by atoms with Gasteiger partial charge in [-0.25, -0.2) is 0 Å². The predicted molar refractivity (Wildman–Crippen MR) is 57.1 cm³/mol. The molecule has 1 aliphatic carbocycles. The van der Waals surface area contributed by atoms with Crippen molar-refractivity contribution in [1.82, 2.24) is 0 Å². The minimum absolute atomic E-state index is 0.132. The zero-order valence-corrected chi connectivity index (χ0v) is 9.71. The van der Waals surface area contributed by atoms with Crippen molar-refractivity contribution in [3.8, 4) is 0 Å². The van der Waals surface area contributed by atoms with Crippen LogP contribution in [0.25, 0.3) is 0 Å². The van der Waals surface area contributed by atoms with Gasteiger partial charge in [0.25, 0.3) is 0 Å². The molecule has 0 spiro atoms. The van der Waals surface area contributed by atoms with Crippen LogP contribution in [0.1, 0.15) is 47.0 Å². The summed E-state index contributed by atoms with van der Waals surface area (Å²) in [6, 6.07) is 0. The lowest BCUT2D eigenvalue weighted by Gasteiger charge is -2.54. The third kappa shape index (κ3) is 1.67. The van der Waals surface area contributed by atoms with Crippen molar-refractivity contribution in [2.45, 2.75) is 47.0 Å². The molecule has 2 heteroatoms. The number of aliphatic carboxylic acids is 1. The predicted octanol–water partition coefficient (Wildman–Crippen LogP) is 3.17. The van der Waals surface area contributed by atoms with Crippen LogP contribution < -0.4 is 0 Å². The fourth-order valence-electron chi connectivity index (χ4n) is 3.06. The fraction of sp³-hybridized carbons (Fsp3) is 0.917. The highest BCUT2D eigenvalue weighted by Crippen LogP contribution is 2.56. The van der Waals surface area contributed by atoms with Crippen molar-refractivity contribution in [1.29, 1.82) is 0 Å². The molecule has 0 aliphatic heterocycles. The molecule has 82 valence electrons. The molecule has 3 atom stereocenters. The van der Waals surface area contributed by atoms with Crippen LogP contribution in [0.3, 0.4) is 0 Å². The summed E-state index contributed by atoms with van der Waals surface area (Å²) in [6.07, 6.45) is 3.05. The van der Waals surface area contributed by atoms with Crippen LogP contribution in [0.2, 0.25) is 0 Å². The van der Waals surface area contributed by atoms with Gasteiger partial charge in [0.2, 0.25) is 0 Å². The van der Waals surface area contributed by atoms with Gasteiger partial charge in [-0.05, 0) is 30.1 Å². The quantitative estimate of drug-likeness (QED) is 0.753. The zero-order chi connectivity index (χ0) is 10.9. The van der Waals surface area contributed by atoms with Crippen molar-refractivity contribution >= 4 is 5.97 Å². The Morgan fingerprint density at radius 2 is 2.07 bits per heavy atom. The Kier molecular flexibility index (Phi) is 3.23. The van der Waals surface area contributed by atoms with Crippen molar-refractivity contribution in [3.05, 3.63) is 0 Å². The number of carboxylic acid groups (broad SMARTS) is 1. The molecule has 0 amide bonds. The molecule has 14 heavy (non-hydrogen) atoms. The summed E-state index contributed by atoms with van der Waals surface area (Å²) < 4.78 is 0. The molecule has 3 unspecified atom stereocenters. The van der Waals surface area contributed by atoms with Gasteiger partial charge in [-0.15, -0.1) is 0 Å². The van der Waals surface area contributed by atoms with E-state index >= 15 is 0 Å². The fourth-order valence-corrected chi connectivity index (χ4v) is 3.06. The van der Waals surface area contributed by atoms with Crippen LogP contribution in [-0.4, -0.2) is 11.1 Å². The molecule has 1 fully saturated rings. The third-order valence-corrected chi connectivity index (χ3v) is 4.28. The minimum Gasteiger partial charge on any atom is -0.481 e. The van der Waals surface area contributed by atoms with E-state index in [0.717, 1.165) is 18.8 Å². The van der Waals surface area contributed by atoms with Gasteiger partial charge in [-0.2, -0.15) is 0 Å². The maximum Gasteiger partial charge on any atom is 0.306 e. The van der Waals surface area contributed by atoms with Gasteiger partial charge in [-0.3, -0.25) is 4.79 Å². The standard InChI is InChI=1S/C12H22O2/c1-5-8-7-10(12(8,3)4)9(6-2)11(13)14/h8-10H,5-7H2,1-4H3,(H,13,14). The zero-order valence-electron chi connectivity index (χ0n) is 9.71. The molecule has 0 aromatic rings. The molecular weight excluding hydrogens is 176 g/mol. The average molecular weight is 198 g/mol. The Morgan fingerprint density at radius 3 is 2.36 bits per heavy atom. The number of hydrogen-bond acceptors (Lipinski definition) is 1. The first-order chi connectivity index (χ1) is 6.45. The molecule has 1 N–H and O–H groups in total. The second-order valence-corrected chi connectivity index (χ2v) is 5.12. The van der Waals surface area contributed by atoms with E-state index in [4.69, 9.17) is 5.11 Å². The Bertz CT molecular complexity index is 220. The molecule has 0 aromatic heterocycles. The molecule has 0 saturated heterocycles. The summed E-state index contributed by atoms with van der Waals surface area (Å²) in [4.78, 5) is 11.0. The summed E-state index contributed by atoms with van der Waals surface area (Å²) in [6.45, 7) is 8.63. The largest absolute Gasteiger partial charge is 0.481 e. The van der Waals surface area contributed by atoms with Crippen LogP contribution in [0.5, 0.6) is 0 Å². The van der Waals surface area contributed by atoms with Crippen molar-refractivity contribution in [3.63, 3.8) is 0 Å². The van der Waals surface area contributed by atoms with Crippen molar-refractivity contribution < 1.29 is 9.90 Å². The lowest BCUT2D eigenvalue weighted by Crippen LogP contribution is -2.49. The van der Waals surface area contributed by atoms with Gasteiger partial charge in [0.05, 0.1) is 5.92 Å². The molecule has 0 bridgehead atoms. The van der Waals surface area contributed by atoms with Gasteiger partial charge in [0.1, 0.15) is 0 Å². The second-order valence-electron chi connectivity index (χ2n) is 5.12. The monoisotopic (exact) mass is 198 g/mol. The van der Waals surface area contributed by atoms with E-state index in [1.54, 1.807) is 0 Å². The number of carboxylic acids is 1. The van der Waals surface area contributed by atoms with Crippen molar-refractivity contribution in [2.24, 2.45) is 23.2 Å². The highest BCUT2D eigenvalue weighted by molar-refractivity contribution is 5.70. The summed E-state index contributed by atoms with van der Waals surface area (Å²) in [5, 5.41) is 9.10. The Labute approximate surface area is 86.7 Å². The van der Waals surface area contributed by atoms with Crippen LogP contribution in [0, 0.1) is 23.2 Å². The van der Waals surface area contributed by atoms with Crippen LogP contribution in [0.15, 0.2) is 0 Å². The number of carbonyl (C=O) groups is 1. The minimum atomic E-state index is -0.611. The Hall–Kier alpha value is -0.530. The Balaban J connectivity index is 2.68. The average Bonchev–Trinajstić information content (AvgIpc) is 2.10. The maximum atomic E-state index is 11.0. The molecule has 2 nitrogen and oxygen atoms in total. The highest BCUT2D eigenvalue weighted by Gasteiger charge is 2.51. The van der Waals surface area contributed by atoms with E-state index in [9.17, 15) is 4.79 Å². The van der Waals surface area contributed by atoms with Gasteiger partial charge >= 0.3 is 5.97 Å². The van der Waals surface area contributed by atoms with Crippen LogP contribution in [-0.2, 0) is 4.79 Å². The van der Waals surface area contributed by atoms with Gasteiger partial charge in [0.15, 0.2) is 0 Å². The van der Waals surface area contributed by atoms with Crippen molar-refractivity contribution in [2.75, 3.05) is 0 Å². The van der Waals surface area contributed by atoms with Crippen LogP contribution in [0.4, 0.5) is 0 Å². The van der Waals surface area contributed by atoms with E-state index in [1.807, 2.05) is 6.92 Å². The molecule has 1 aliphatic rings. The highest BCUT2D eigenvalue weighted by atomic mass is 16.4. The molecule has 0 heterocycles. The lowest BCUT2D eigenvalue weighted by molar-refractivity contribution is -0.153. The Morgan fingerprint density at radius 1 is 1.50 bits per heavy atom. The van der Waals surface area contributed by atoms with E-state index in [0.29, 0.717) is 5.92 Å². The molecular formula is C12H22O2. The normalized spacial score (nSPS) is 32.0. The summed E-state index contributed by atoms with van der Waals surface area (Å²) in [7, 11) is 0. The first kappa shape index (κ1) is 11.5. The smallest absolute Gasteiger partial charge is 0.306 e. The first-order valence-electron chi connectivity index (χ1n) is 5.67. The number of hydrogen-bond donors (Lipinski definition) is 1. The van der Waals surface area contributed by atoms with E-state index in [2.05, 4.69) is 20.8 Å². The molecule has 1 saturated carbocycles. The summed E-state index contributed by atoms with van der Waals surface area (Å²) >= 11 is 0. The topological polar surface area (TPSA) is 37.3 Å². The summed E-state index contributed by atoms with van der Waals surface area (Å²) in [5.41, 5.74) is 0.230. The summed E-state index contributed by atoms with van der Waals surface area (Å²) in [5.74, 6) is 0.365. The van der Waals surface area contributed by atoms with E-state index in [-0.39, 0.29) is 11.3 Å². The first-order valence-corrected chi connectivity index (χ1v) is 5.67. The molecule has 1 rings (SSSR count). The SMILES string of the molecule is CCC(C(=O)O)C1CC(CC)C1(C)C. The lowest BCUT2D eigenvalue weighted by atomic mass is 9.50. The molecule has 0 aromatic carbocycles. The van der Waals surface area contributed by atoms with E-state index < -0.39 is 5.97 Å². The van der Waals surface area contributed by atoms with E-state index in [1.165, 1.54) is 6.42 Å². The van der Waals surface area contributed by atoms with Gasteiger partial charge < -0.3 is 5.11 Å². The second kappa shape index (κ2) is 3.92. The van der Waals surface area contributed by atoms with Gasteiger partial charge in [0, 0.05) is 0 Å². The van der Waals surface area contributed by atoms with Crippen LogP contribution >= 0.6 is 0 Å². The number of rotatable bonds is 4. The van der Waals surface area contributed by atoms with Gasteiger partial charge in [-0.1, -0.05) is 34.1 Å².